The van der Waals surface area contributed by atoms with Gasteiger partial charge in [-0.15, -0.1) is 0 Å². The van der Waals surface area contributed by atoms with Crippen LogP contribution in [0.1, 0.15) is 6.92 Å². The number of nitrogens with one attached hydrogen (secondary N) is 1. The lowest BCUT2D eigenvalue weighted by Gasteiger charge is -2.26. The van der Waals surface area contributed by atoms with Crippen LogP contribution in [0.2, 0.25) is 0 Å². The minimum absolute atomic E-state index is 0.290. The fourth-order valence-corrected chi connectivity index (χ4v) is 1.85. The van der Waals surface area contributed by atoms with Crippen LogP contribution < -0.4 is 5.32 Å². The minimum Gasteiger partial charge on any atom is -0.468 e. The zero-order valence-electron chi connectivity index (χ0n) is 13.2. The smallest absolute Gasteiger partial charge is 0.328 e. The summed E-state index contributed by atoms with van der Waals surface area (Å²) in [7, 11) is 4.63. The molecule has 9 heteroatoms. The Bertz CT molecular complexity index is 406. The van der Waals surface area contributed by atoms with Gasteiger partial charge in [-0.1, -0.05) is 6.92 Å². The highest BCUT2D eigenvalue weighted by Gasteiger charge is 2.42. The molecule has 0 aromatic rings. The third-order valence-corrected chi connectivity index (χ3v) is 3.01. The predicted octanol–water partition coefficient (Wildman–Crippen LogP) is -1.11. The average molecular weight is 319 g/mol. The molecule has 2 atom stereocenters. The topological polar surface area (TPSA) is 117 Å². The van der Waals surface area contributed by atoms with E-state index in [1.807, 2.05) is 0 Å². The summed E-state index contributed by atoms with van der Waals surface area (Å²) in [6, 6.07) is -1.24. The van der Waals surface area contributed by atoms with Crippen molar-refractivity contribution >= 4 is 23.8 Å². The molecule has 0 aliphatic heterocycles. The first kappa shape index (κ1) is 19.8. The monoisotopic (exact) mass is 319 g/mol. The van der Waals surface area contributed by atoms with Crippen LogP contribution in [-0.2, 0) is 38.1 Å². The second-order valence-corrected chi connectivity index (χ2v) is 4.38. The van der Waals surface area contributed by atoms with E-state index in [1.165, 1.54) is 14.0 Å². The maximum atomic E-state index is 11.8. The fraction of sp³-hybridized carbons (Fsp3) is 0.692. The lowest BCUT2D eigenvalue weighted by molar-refractivity contribution is -0.163. The van der Waals surface area contributed by atoms with Gasteiger partial charge in [0.25, 0.3) is 0 Å². The molecule has 0 spiro atoms. The largest absolute Gasteiger partial charge is 0.468 e. The Morgan fingerprint density at radius 3 is 1.68 bits per heavy atom. The maximum absolute atomic E-state index is 11.8. The molecule has 0 aliphatic carbocycles. The zero-order valence-corrected chi connectivity index (χ0v) is 13.2. The Kier molecular flexibility index (Phi) is 8.76. The molecule has 0 saturated heterocycles. The normalized spacial score (nSPS) is 13.0. The molecule has 0 rings (SSSR count). The van der Waals surface area contributed by atoms with Gasteiger partial charge in [0.05, 0.1) is 21.3 Å². The maximum Gasteiger partial charge on any atom is 0.328 e. The van der Waals surface area contributed by atoms with E-state index in [0.717, 1.165) is 21.3 Å². The van der Waals surface area contributed by atoms with E-state index in [0.29, 0.717) is 0 Å². The van der Waals surface area contributed by atoms with Gasteiger partial charge < -0.3 is 24.3 Å². The highest BCUT2D eigenvalue weighted by Crippen LogP contribution is 2.20. The molecule has 0 heterocycles. The lowest BCUT2D eigenvalue weighted by atomic mass is 9.87. The summed E-state index contributed by atoms with van der Waals surface area (Å²) >= 11 is 0. The van der Waals surface area contributed by atoms with Gasteiger partial charge in [-0.3, -0.25) is 14.4 Å². The minimum atomic E-state index is -1.39. The first-order chi connectivity index (χ1) is 10.3. The summed E-state index contributed by atoms with van der Waals surface area (Å²) in [5.41, 5.74) is 0. The van der Waals surface area contributed by atoms with Crippen LogP contribution in [0.3, 0.4) is 0 Å². The van der Waals surface area contributed by atoms with E-state index in [-0.39, 0.29) is 6.61 Å². The summed E-state index contributed by atoms with van der Waals surface area (Å²) in [6.07, 6.45) is 0. The summed E-state index contributed by atoms with van der Waals surface area (Å²) in [5, 5.41) is 2.35. The van der Waals surface area contributed by atoms with Gasteiger partial charge in [-0.2, -0.15) is 0 Å². The van der Waals surface area contributed by atoms with Crippen molar-refractivity contribution in [3.8, 4) is 0 Å². The van der Waals surface area contributed by atoms with Crippen molar-refractivity contribution in [1.29, 1.82) is 0 Å². The molecular weight excluding hydrogens is 298 g/mol. The van der Waals surface area contributed by atoms with Crippen LogP contribution in [0.25, 0.3) is 0 Å². The van der Waals surface area contributed by atoms with E-state index in [2.05, 4.69) is 24.3 Å². The summed E-state index contributed by atoms with van der Waals surface area (Å²) < 4.78 is 18.3. The Morgan fingerprint density at radius 1 is 0.864 bits per heavy atom. The number of amides is 1. The Balaban J connectivity index is 5.39. The van der Waals surface area contributed by atoms with Gasteiger partial charge in [0.2, 0.25) is 5.91 Å². The van der Waals surface area contributed by atoms with E-state index >= 15 is 0 Å². The molecule has 1 N–H and O–H groups in total. The molecule has 0 unspecified atom stereocenters. The molecule has 9 nitrogen and oxygen atoms in total. The number of methoxy groups -OCH3 is 4. The standard InChI is InChI=1S/C13H21NO8/c1-7(9(11(16)20-3)12(17)21-4)10(13(18)22-5)14-8(15)6-19-2/h7,9-10H,6H2,1-5H3,(H,14,15)/t7-,10-/m0/s1. The molecule has 0 radical (unpaired) electrons. The van der Waals surface area contributed by atoms with Crippen molar-refractivity contribution in [3.05, 3.63) is 0 Å². The molecule has 126 valence electrons. The number of hydrogen-bond donors (Lipinski definition) is 1. The second-order valence-electron chi connectivity index (χ2n) is 4.38. The van der Waals surface area contributed by atoms with Crippen molar-refractivity contribution in [1.82, 2.24) is 5.32 Å². The third kappa shape index (κ3) is 5.32. The van der Waals surface area contributed by atoms with Crippen molar-refractivity contribution in [2.75, 3.05) is 35.0 Å². The Hall–Kier alpha value is -2.16. The molecule has 0 saturated carbocycles. The van der Waals surface area contributed by atoms with Crippen LogP contribution in [0.15, 0.2) is 0 Å². The molecule has 1 amide bonds. The number of esters is 3. The van der Waals surface area contributed by atoms with Gasteiger partial charge in [-0.05, 0) is 0 Å². The van der Waals surface area contributed by atoms with Gasteiger partial charge in [0.1, 0.15) is 12.6 Å². The number of carbonyl (C=O) groups is 4. The predicted molar refractivity (Wildman–Crippen MR) is 72.5 cm³/mol. The quantitative estimate of drug-likeness (QED) is 0.340. The van der Waals surface area contributed by atoms with Crippen LogP contribution in [0.4, 0.5) is 0 Å². The number of hydrogen-bond acceptors (Lipinski definition) is 8. The first-order valence-electron chi connectivity index (χ1n) is 6.35. The van der Waals surface area contributed by atoms with Gasteiger partial charge >= 0.3 is 17.9 Å². The van der Waals surface area contributed by atoms with Crippen molar-refractivity contribution in [2.24, 2.45) is 11.8 Å². The zero-order chi connectivity index (χ0) is 17.3. The summed E-state index contributed by atoms with van der Waals surface area (Å²) in [6.45, 7) is 1.13. The average Bonchev–Trinajstić information content (AvgIpc) is 2.51. The van der Waals surface area contributed by atoms with Crippen molar-refractivity contribution in [3.63, 3.8) is 0 Å². The molecule has 0 bridgehead atoms. The van der Waals surface area contributed by atoms with Crippen molar-refractivity contribution < 1.29 is 38.1 Å². The first-order valence-corrected chi connectivity index (χ1v) is 6.35. The molecule has 0 aliphatic rings. The Morgan fingerprint density at radius 2 is 1.32 bits per heavy atom. The molecule has 22 heavy (non-hydrogen) atoms. The molecule has 0 aromatic heterocycles. The highest BCUT2D eigenvalue weighted by atomic mass is 16.5. The van der Waals surface area contributed by atoms with E-state index in [4.69, 9.17) is 0 Å². The summed E-state index contributed by atoms with van der Waals surface area (Å²) in [4.78, 5) is 47.0. The van der Waals surface area contributed by atoms with E-state index in [1.54, 1.807) is 0 Å². The number of rotatable bonds is 8. The molecular formula is C13H21NO8. The van der Waals surface area contributed by atoms with Gasteiger partial charge in [0.15, 0.2) is 5.92 Å². The SMILES string of the molecule is COCC(=O)N[C@H](C(=O)OC)[C@@H](C)C(C(=O)OC)C(=O)OC. The molecule has 0 aromatic carbocycles. The second kappa shape index (κ2) is 9.72. The lowest BCUT2D eigenvalue weighted by Crippen LogP contribution is -2.51. The van der Waals surface area contributed by atoms with Crippen LogP contribution in [-0.4, -0.2) is 64.9 Å². The third-order valence-electron chi connectivity index (χ3n) is 3.01. The van der Waals surface area contributed by atoms with Crippen molar-refractivity contribution in [2.45, 2.75) is 13.0 Å². The van der Waals surface area contributed by atoms with Crippen LogP contribution in [0.5, 0.6) is 0 Å². The van der Waals surface area contributed by atoms with Crippen LogP contribution >= 0.6 is 0 Å². The van der Waals surface area contributed by atoms with Crippen LogP contribution in [0, 0.1) is 11.8 Å². The number of carbonyl (C=O) groups excluding carboxylic acids is 4. The Labute approximate surface area is 128 Å². The van der Waals surface area contributed by atoms with E-state index in [9.17, 15) is 19.2 Å². The van der Waals surface area contributed by atoms with Gasteiger partial charge in [0, 0.05) is 13.0 Å². The van der Waals surface area contributed by atoms with E-state index < -0.39 is 41.7 Å². The molecule has 0 fully saturated rings. The van der Waals surface area contributed by atoms with Gasteiger partial charge in [-0.25, -0.2) is 4.79 Å². The fourth-order valence-electron chi connectivity index (χ4n) is 1.85. The highest BCUT2D eigenvalue weighted by molar-refractivity contribution is 5.96. The summed E-state index contributed by atoms with van der Waals surface area (Å²) in [5.74, 6) is -5.51. The number of ether oxygens (including phenoxy) is 4.